The topological polar surface area (TPSA) is 37.3 Å². The molecule has 0 heterocycles. The first kappa shape index (κ1) is 22.5. The molecule has 0 aliphatic rings. The summed E-state index contributed by atoms with van der Waals surface area (Å²) < 4.78 is 31.7. The second kappa shape index (κ2) is 8.60. The van der Waals surface area contributed by atoms with Crippen molar-refractivity contribution in [3.05, 3.63) is 0 Å². The number of carboxylic acid groups (broad SMARTS) is 1. The van der Waals surface area contributed by atoms with Gasteiger partial charge in [0, 0.05) is 17.1 Å². The number of carbonyl (C=O) groups is 1. The third-order valence-corrected chi connectivity index (χ3v) is 0.243. The van der Waals surface area contributed by atoms with E-state index < -0.39 is 12.1 Å². The fourth-order valence-corrected chi connectivity index (χ4v) is 0. The first-order valence-electron chi connectivity index (χ1n) is 1.24. The number of carboxylic acids is 1. The Morgan fingerprint density at radius 3 is 1.50 bits per heavy atom. The average molecular weight is 329 g/mol. The molecule has 0 aliphatic heterocycles. The van der Waals surface area contributed by atoms with E-state index in [1.165, 1.54) is 0 Å². The van der Waals surface area contributed by atoms with E-state index in [-0.39, 0.29) is 72.0 Å². The minimum Gasteiger partial charge on any atom is -1.00 e. The third kappa shape index (κ3) is 12.2. The van der Waals surface area contributed by atoms with Crippen LogP contribution >= 0.6 is 24.0 Å². The van der Waals surface area contributed by atoms with Crippen molar-refractivity contribution in [2.45, 2.75) is 6.18 Å². The molecule has 1 N–H and O–H groups in total. The maximum absolute atomic E-state index is 10.6. The smallest absolute Gasteiger partial charge is 1.00 e. The van der Waals surface area contributed by atoms with Crippen molar-refractivity contribution < 1.29 is 71.1 Å². The predicted octanol–water partition coefficient (Wildman–Crippen LogP) is -1.63. The Morgan fingerprint density at radius 1 is 1.40 bits per heavy atom. The van der Waals surface area contributed by atoms with Crippen LogP contribution < -0.4 is 29.6 Å². The molecule has 0 aromatic heterocycles. The van der Waals surface area contributed by atoms with Crippen molar-refractivity contribution in [3.8, 4) is 0 Å². The first-order chi connectivity index (χ1) is 2.94. The maximum atomic E-state index is 10.6. The van der Waals surface area contributed by atoms with Gasteiger partial charge in [0.05, 0.1) is 0 Å². The molecule has 0 aromatic carbocycles. The van der Waals surface area contributed by atoms with E-state index in [0.717, 1.165) is 0 Å². The van der Waals surface area contributed by atoms with Crippen LogP contribution in [0.2, 0.25) is 0 Å². The van der Waals surface area contributed by atoms with E-state index in [9.17, 15) is 13.2 Å². The zero-order valence-electron chi connectivity index (χ0n) is 5.70. The van der Waals surface area contributed by atoms with E-state index in [0.29, 0.717) is 0 Å². The molecule has 0 amide bonds. The SMILES string of the molecule is I.O=C(O)C(F)(F)F.[Cu].[H-].[Na+]. The normalized spacial score (nSPS) is 7.90. The van der Waals surface area contributed by atoms with Gasteiger partial charge in [0.1, 0.15) is 0 Å². The molecule has 0 aromatic rings. The van der Waals surface area contributed by atoms with Crippen LogP contribution in [0.5, 0.6) is 0 Å². The number of aliphatic carboxylic acids is 1. The molecule has 0 spiro atoms. The van der Waals surface area contributed by atoms with Gasteiger partial charge in [-0.2, -0.15) is 13.2 Å². The Kier molecular flexibility index (Phi) is 19.4. The van der Waals surface area contributed by atoms with Crippen molar-refractivity contribution >= 4 is 29.9 Å². The van der Waals surface area contributed by atoms with Crippen molar-refractivity contribution in [3.63, 3.8) is 0 Å². The van der Waals surface area contributed by atoms with Crippen molar-refractivity contribution in [1.82, 2.24) is 0 Å². The van der Waals surface area contributed by atoms with Gasteiger partial charge in [-0.15, -0.1) is 24.0 Å². The van der Waals surface area contributed by atoms with Crippen molar-refractivity contribution in [1.29, 1.82) is 0 Å². The summed E-state index contributed by atoms with van der Waals surface area (Å²) in [7, 11) is 0. The Hall–Kier alpha value is 1.51. The summed E-state index contributed by atoms with van der Waals surface area (Å²) in [6.45, 7) is 0. The van der Waals surface area contributed by atoms with Gasteiger partial charge in [-0.1, -0.05) is 0 Å². The molecule has 63 valence electrons. The van der Waals surface area contributed by atoms with Crippen molar-refractivity contribution in [2.24, 2.45) is 0 Å². The molecule has 1 radical (unpaired) electrons. The number of hydrogen-bond acceptors (Lipinski definition) is 1. The Balaban J connectivity index is -0.0000000300. The van der Waals surface area contributed by atoms with Crippen LogP contribution in [0.4, 0.5) is 13.2 Å². The summed E-state index contributed by atoms with van der Waals surface area (Å²) in [5.41, 5.74) is 0. The molecule has 0 saturated carbocycles. The third-order valence-electron chi connectivity index (χ3n) is 0.243. The molecule has 0 unspecified atom stereocenters. The Morgan fingerprint density at radius 2 is 1.50 bits per heavy atom. The first-order valence-corrected chi connectivity index (χ1v) is 1.24. The summed E-state index contributed by atoms with van der Waals surface area (Å²) >= 11 is 0. The minimum atomic E-state index is -5.08. The summed E-state index contributed by atoms with van der Waals surface area (Å²) in [4.78, 5) is 8.90. The minimum absolute atomic E-state index is 0. The Labute approximate surface area is 106 Å². The van der Waals surface area contributed by atoms with Gasteiger partial charge in [0.2, 0.25) is 0 Å². The van der Waals surface area contributed by atoms with Gasteiger partial charge < -0.3 is 6.53 Å². The predicted molar refractivity (Wildman–Crippen MR) is 30.2 cm³/mol. The van der Waals surface area contributed by atoms with Crippen molar-refractivity contribution in [2.75, 3.05) is 0 Å². The maximum Gasteiger partial charge on any atom is 1.00 e. The molecule has 10 heavy (non-hydrogen) atoms. The van der Waals surface area contributed by atoms with E-state index in [4.69, 9.17) is 9.90 Å². The summed E-state index contributed by atoms with van der Waals surface area (Å²) in [5.74, 6) is -2.76. The second-order valence-electron chi connectivity index (χ2n) is 0.803. The Bertz CT molecular complexity index is 102. The summed E-state index contributed by atoms with van der Waals surface area (Å²) in [6.07, 6.45) is -5.08. The molecule has 0 aliphatic carbocycles. The standard InChI is InChI=1S/C2HF3O2.Cu.HI.Na.H/c3-2(4,5)1(6)7;;;;/h(H,6,7);;1H;;/q;;;+1;-1. The van der Waals surface area contributed by atoms with Gasteiger partial charge >= 0.3 is 41.7 Å². The number of alkyl halides is 3. The van der Waals surface area contributed by atoms with Crippen LogP contribution in [0.3, 0.4) is 0 Å². The monoisotopic (exact) mass is 329 g/mol. The van der Waals surface area contributed by atoms with E-state index in [1.54, 1.807) is 0 Å². The van der Waals surface area contributed by atoms with E-state index in [2.05, 4.69) is 0 Å². The van der Waals surface area contributed by atoms with Gasteiger partial charge in [-0.25, -0.2) is 4.79 Å². The molecular formula is C2H3CuF3INaO2. The summed E-state index contributed by atoms with van der Waals surface area (Å²) in [5, 5.41) is 7.12. The number of rotatable bonds is 0. The van der Waals surface area contributed by atoms with E-state index in [1.807, 2.05) is 0 Å². The van der Waals surface area contributed by atoms with Gasteiger partial charge in [-0.05, 0) is 0 Å². The average Bonchev–Trinajstić information content (AvgIpc) is 1.31. The molecule has 0 fully saturated rings. The van der Waals surface area contributed by atoms with Crippen LogP contribution in [-0.2, 0) is 21.9 Å². The van der Waals surface area contributed by atoms with Gasteiger partial charge in [-0.3, -0.25) is 0 Å². The zero-order chi connectivity index (χ0) is 6.08. The fourth-order valence-electron chi connectivity index (χ4n) is 0. The van der Waals surface area contributed by atoms with E-state index >= 15 is 0 Å². The molecule has 0 atom stereocenters. The largest absolute Gasteiger partial charge is 1.00 e. The van der Waals surface area contributed by atoms with Gasteiger partial charge in [0.15, 0.2) is 0 Å². The molecule has 8 heteroatoms. The number of halogens is 4. The molecular weight excluding hydrogens is 326 g/mol. The summed E-state index contributed by atoms with van der Waals surface area (Å²) in [6, 6.07) is 0. The second-order valence-corrected chi connectivity index (χ2v) is 0.803. The van der Waals surface area contributed by atoms with Crippen LogP contribution in [0, 0.1) is 0 Å². The van der Waals surface area contributed by atoms with Crippen LogP contribution in [-0.4, -0.2) is 17.3 Å². The molecule has 0 bridgehead atoms. The number of hydrogen-bond donors (Lipinski definition) is 1. The van der Waals surface area contributed by atoms with Crippen LogP contribution in [0.15, 0.2) is 0 Å². The molecule has 0 saturated heterocycles. The van der Waals surface area contributed by atoms with Crippen LogP contribution in [0.25, 0.3) is 0 Å². The molecule has 0 rings (SSSR count). The fraction of sp³-hybridized carbons (Fsp3) is 0.500. The molecule has 2 nitrogen and oxygen atoms in total. The van der Waals surface area contributed by atoms with Gasteiger partial charge in [0.25, 0.3) is 0 Å². The quantitative estimate of drug-likeness (QED) is 0.428. The zero-order valence-corrected chi connectivity index (χ0v) is 9.97. The van der Waals surface area contributed by atoms with Crippen LogP contribution in [0.1, 0.15) is 1.43 Å².